The third kappa shape index (κ3) is 2.39. The average Bonchev–Trinajstić information content (AvgIpc) is 2.30. The molecule has 0 spiro atoms. The van der Waals surface area contributed by atoms with E-state index in [1.807, 2.05) is 0 Å². The highest BCUT2D eigenvalue weighted by molar-refractivity contribution is 9.10. The van der Waals surface area contributed by atoms with E-state index >= 15 is 0 Å². The van der Waals surface area contributed by atoms with Crippen molar-refractivity contribution in [3.05, 3.63) is 44.7 Å². The number of benzene rings is 1. The quantitative estimate of drug-likeness (QED) is 0.777. The standard InChI is InChI=1S/C11H6BrCl2FN2/c12-8-2-1-6(10(15)9(8)14)7-3-5(13)4-17-11(7)16/h1-4H,(H2,16,17). The summed E-state index contributed by atoms with van der Waals surface area (Å²) in [4.78, 5) is 3.87. The van der Waals surface area contributed by atoms with Crippen molar-refractivity contribution in [3.63, 3.8) is 0 Å². The molecule has 0 aliphatic rings. The molecule has 0 fully saturated rings. The smallest absolute Gasteiger partial charge is 0.150 e. The summed E-state index contributed by atoms with van der Waals surface area (Å²) in [6.07, 6.45) is 1.40. The zero-order chi connectivity index (χ0) is 12.6. The van der Waals surface area contributed by atoms with Gasteiger partial charge in [-0.15, -0.1) is 0 Å². The molecule has 17 heavy (non-hydrogen) atoms. The Morgan fingerprint density at radius 3 is 2.65 bits per heavy atom. The van der Waals surface area contributed by atoms with Crippen molar-refractivity contribution in [1.29, 1.82) is 0 Å². The molecule has 1 heterocycles. The number of rotatable bonds is 1. The molecule has 0 saturated carbocycles. The van der Waals surface area contributed by atoms with E-state index < -0.39 is 5.82 Å². The molecule has 0 amide bonds. The van der Waals surface area contributed by atoms with Crippen molar-refractivity contribution in [3.8, 4) is 11.1 Å². The second kappa shape index (κ2) is 4.80. The number of aromatic nitrogens is 1. The van der Waals surface area contributed by atoms with Crippen molar-refractivity contribution in [2.24, 2.45) is 0 Å². The van der Waals surface area contributed by atoms with Crippen LogP contribution in [0.3, 0.4) is 0 Å². The van der Waals surface area contributed by atoms with E-state index in [9.17, 15) is 4.39 Å². The Hall–Kier alpha value is -0.840. The number of hydrogen-bond donors (Lipinski definition) is 1. The average molecular weight is 336 g/mol. The van der Waals surface area contributed by atoms with Crippen LogP contribution in [0.15, 0.2) is 28.9 Å². The predicted molar refractivity (Wildman–Crippen MR) is 71.8 cm³/mol. The molecule has 0 unspecified atom stereocenters. The highest BCUT2D eigenvalue weighted by atomic mass is 79.9. The van der Waals surface area contributed by atoms with Gasteiger partial charge in [-0.2, -0.15) is 0 Å². The van der Waals surface area contributed by atoms with Gasteiger partial charge >= 0.3 is 0 Å². The summed E-state index contributed by atoms with van der Waals surface area (Å²) in [6.45, 7) is 0. The summed E-state index contributed by atoms with van der Waals surface area (Å²) in [5.74, 6) is -0.358. The van der Waals surface area contributed by atoms with Crippen molar-refractivity contribution in [1.82, 2.24) is 4.98 Å². The van der Waals surface area contributed by atoms with Crippen LogP contribution >= 0.6 is 39.1 Å². The van der Waals surface area contributed by atoms with Crippen LogP contribution in [0.2, 0.25) is 10.0 Å². The Morgan fingerprint density at radius 1 is 1.24 bits per heavy atom. The minimum Gasteiger partial charge on any atom is -0.383 e. The summed E-state index contributed by atoms with van der Waals surface area (Å²) in [7, 11) is 0. The first-order chi connectivity index (χ1) is 8.00. The van der Waals surface area contributed by atoms with Gasteiger partial charge in [0.1, 0.15) is 5.82 Å². The minimum atomic E-state index is -0.559. The van der Waals surface area contributed by atoms with E-state index in [2.05, 4.69) is 20.9 Å². The molecule has 1 aromatic heterocycles. The molecular formula is C11H6BrCl2FN2. The zero-order valence-electron chi connectivity index (χ0n) is 8.35. The highest BCUT2D eigenvalue weighted by Crippen LogP contribution is 2.35. The van der Waals surface area contributed by atoms with Gasteiger partial charge in [0.05, 0.1) is 10.0 Å². The van der Waals surface area contributed by atoms with Crippen LogP contribution in [0, 0.1) is 5.82 Å². The predicted octanol–water partition coefficient (Wildman–Crippen LogP) is 4.54. The first-order valence-electron chi connectivity index (χ1n) is 4.55. The lowest BCUT2D eigenvalue weighted by atomic mass is 10.1. The molecule has 0 bridgehead atoms. The molecule has 1 aromatic carbocycles. The molecule has 0 atom stereocenters. The fourth-order valence-corrected chi connectivity index (χ4v) is 2.03. The molecular weight excluding hydrogens is 330 g/mol. The Kier molecular flexibility index (Phi) is 3.56. The third-order valence-electron chi connectivity index (χ3n) is 2.21. The molecule has 2 N–H and O–H groups in total. The summed E-state index contributed by atoms with van der Waals surface area (Å²) in [6, 6.07) is 4.75. The van der Waals surface area contributed by atoms with Crippen LogP contribution in [0.1, 0.15) is 0 Å². The minimum absolute atomic E-state index is 0.00174. The first-order valence-corrected chi connectivity index (χ1v) is 6.10. The lowest BCUT2D eigenvalue weighted by Gasteiger charge is -2.08. The van der Waals surface area contributed by atoms with Gasteiger partial charge in [-0.05, 0) is 28.1 Å². The Morgan fingerprint density at radius 2 is 1.94 bits per heavy atom. The van der Waals surface area contributed by atoms with Crippen LogP contribution in [0.25, 0.3) is 11.1 Å². The number of pyridine rings is 1. The lowest BCUT2D eigenvalue weighted by molar-refractivity contribution is 0.631. The van der Waals surface area contributed by atoms with Crippen LogP contribution in [-0.4, -0.2) is 4.98 Å². The maximum Gasteiger partial charge on any atom is 0.150 e. The van der Waals surface area contributed by atoms with Gasteiger partial charge in [-0.1, -0.05) is 29.3 Å². The molecule has 2 rings (SSSR count). The molecule has 2 aromatic rings. The molecule has 0 aliphatic carbocycles. The number of nitrogens with zero attached hydrogens (tertiary/aromatic N) is 1. The van der Waals surface area contributed by atoms with Crippen molar-refractivity contribution >= 4 is 44.9 Å². The lowest BCUT2D eigenvalue weighted by Crippen LogP contribution is -1.96. The Balaban J connectivity index is 2.69. The normalized spacial score (nSPS) is 10.6. The van der Waals surface area contributed by atoms with Gasteiger partial charge in [-0.3, -0.25) is 0 Å². The second-order valence-corrected chi connectivity index (χ2v) is 4.98. The van der Waals surface area contributed by atoms with E-state index in [1.165, 1.54) is 6.20 Å². The van der Waals surface area contributed by atoms with Gasteiger partial charge < -0.3 is 5.73 Å². The maximum atomic E-state index is 14.0. The third-order valence-corrected chi connectivity index (χ3v) is 3.68. The van der Waals surface area contributed by atoms with Crippen molar-refractivity contribution < 1.29 is 4.39 Å². The van der Waals surface area contributed by atoms with Gasteiger partial charge in [0.2, 0.25) is 0 Å². The Bertz CT molecular complexity index is 590. The molecule has 6 heteroatoms. The van der Waals surface area contributed by atoms with E-state index in [0.29, 0.717) is 15.1 Å². The number of hydrogen-bond acceptors (Lipinski definition) is 2. The summed E-state index contributed by atoms with van der Waals surface area (Å²) >= 11 is 14.8. The molecule has 0 radical (unpaired) electrons. The summed E-state index contributed by atoms with van der Waals surface area (Å²) < 4.78 is 14.5. The molecule has 0 saturated heterocycles. The van der Waals surface area contributed by atoms with E-state index in [4.69, 9.17) is 28.9 Å². The second-order valence-electron chi connectivity index (χ2n) is 3.31. The van der Waals surface area contributed by atoms with E-state index in [-0.39, 0.29) is 16.4 Å². The largest absolute Gasteiger partial charge is 0.383 e. The van der Waals surface area contributed by atoms with Crippen molar-refractivity contribution in [2.75, 3.05) is 5.73 Å². The van der Waals surface area contributed by atoms with E-state index in [1.54, 1.807) is 18.2 Å². The summed E-state index contributed by atoms with van der Waals surface area (Å²) in [5.41, 5.74) is 6.38. The van der Waals surface area contributed by atoms with Gasteiger partial charge in [0, 0.05) is 21.8 Å². The first kappa shape index (κ1) is 12.6. The Labute approximate surface area is 116 Å². The number of nitrogens with two attached hydrogens (primary N) is 1. The van der Waals surface area contributed by atoms with Gasteiger partial charge in [-0.25, -0.2) is 9.37 Å². The zero-order valence-corrected chi connectivity index (χ0v) is 11.4. The SMILES string of the molecule is Nc1ncc(Cl)cc1-c1ccc(Br)c(Cl)c1F. The fourth-order valence-electron chi connectivity index (χ4n) is 1.40. The van der Waals surface area contributed by atoms with Crippen LogP contribution in [0.5, 0.6) is 0 Å². The highest BCUT2D eigenvalue weighted by Gasteiger charge is 2.14. The number of anilines is 1. The van der Waals surface area contributed by atoms with Crippen molar-refractivity contribution in [2.45, 2.75) is 0 Å². The molecule has 88 valence electrons. The van der Waals surface area contributed by atoms with Gasteiger partial charge in [0.25, 0.3) is 0 Å². The fraction of sp³-hybridized carbons (Fsp3) is 0. The van der Waals surface area contributed by atoms with Gasteiger partial charge in [0.15, 0.2) is 5.82 Å². The molecule has 0 aliphatic heterocycles. The maximum absolute atomic E-state index is 14.0. The van der Waals surface area contributed by atoms with E-state index in [0.717, 1.165) is 0 Å². The number of halogens is 4. The van der Waals surface area contributed by atoms with Crippen LogP contribution in [0.4, 0.5) is 10.2 Å². The topological polar surface area (TPSA) is 38.9 Å². The number of nitrogen functional groups attached to an aromatic ring is 1. The van der Waals surface area contributed by atoms with Crippen LogP contribution < -0.4 is 5.73 Å². The summed E-state index contributed by atoms with van der Waals surface area (Å²) in [5, 5.41) is 0.384. The monoisotopic (exact) mass is 334 g/mol. The van der Waals surface area contributed by atoms with Crippen LogP contribution in [-0.2, 0) is 0 Å². The molecule has 2 nitrogen and oxygen atoms in total.